The maximum Gasteiger partial charge on any atom is 0.298 e. The Morgan fingerprint density at radius 3 is 2.66 bits per heavy atom. The third-order valence-electron chi connectivity index (χ3n) is 6.25. The highest BCUT2D eigenvalue weighted by atomic mass is 35.5. The van der Waals surface area contributed by atoms with Crippen LogP contribution < -0.4 is 4.90 Å². The molecule has 32 heavy (non-hydrogen) atoms. The highest BCUT2D eigenvalue weighted by Gasteiger charge is 2.45. The number of halogens is 2. The molecule has 1 amide bonds. The van der Waals surface area contributed by atoms with Gasteiger partial charge in [-0.2, -0.15) is 20.0 Å². The number of likely N-dealkylation sites (tertiary alicyclic amines) is 1. The number of amides is 1. The smallest absolute Gasteiger partial charge is 0.298 e. The van der Waals surface area contributed by atoms with E-state index in [1.54, 1.807) is 42.7 Å². The predicted molar refractivity (Wildman–Crippen MR) is 121 cm³/mol. The lowest BCUT2D eigenvalue weighted by atomic mass is 9.82. The van der Waals surface area contributed by atoms with Gasteiger partial charge in [0.25, 0.3) is 11.9 Å². The zero-order chi connectivity index (χ0) is 21.8. The molecule has 0 bridgehead atoms. The normalized spacial score (nSPS) is 20.3. The van der Waals surface area contributed by atoms with Gasteiger partial charge in [-0.15, -0.1) is 0 Å². The van der Waals surface area contributed by atoms with E-state index in [9.17, 15) is 4.79 Å². The van der Waals surface area contributed by atoms with Crippen LogP contribution in [0.5, 0.6) is 0 Å². The van der Waals surface area contributed by atoms with E-state index in [0.717, 1.165) is 18.5 Å². The van der Waals surface area contributed by atoms with E-state index in [1.807, 2.05) is 11.0 Å². The summed E-state index contributed by atoms with van der Waals surface area (Å²) >= 11 is 12.3. The van der Waals surface area contributed by atoms with Gasteiger partial charge in [-0.25, -0.2) is 0 Å². The van der Waals surface area contributed by atoms with E-state index < -0.39 is 0 Å². The van der Waals surface area contributed by atoms with Crippen molar-refractivity contribution >= 4 is 46.2 Å². The highest BCUT2D eigenvalue weighted by molar-refractivity contribution is 6.31. The third kappa shape index (κ3) is 3.22. The van der Waals surface area contributed by atoms with Crippen LogP contribution in [0.1, 0.15) is 16.8 Å². The molecular formula is C22H18Cl2N6O2. The topological polar surface area (TPSA) is 80.3 Å². The Balaban J connectivity index is 1.26. The van der Waals surface area contributed by atoms with Crippen LogP contribution in [0.2, 0.25) is 10.0 Å². The Hall–Kier alpha value is -3.10. The summed E-state index contributed by atoms with van der Waals surface area (Å²) in [6.07, 6.45) is 4.08. The summed E-state index contributed by atoms with van der Waals surface area (Å²) in [5.74, 6) is 0.415. The molecule has 2 aliphatic rings. The zero-order valence-electron chi connectivity index (χ0n) is 16.9. The van der Waals surface area contributed by atoms with Crippen molar-refractivity contribution in [2.24, 2.45) is 5.92 Å². The van der Waals surface area contributed by atoms with Gasteiger partial charge in [-0.05, 0) is 42.8 Å². The molecule has 2 aliphatic heterocycles. The molecule has 4 aromatic rings. The molecule has 0 spiro atoms. The molecule has 4 heterocycles. The largest absolute Gasteiger partial charge is 0.423 e. The van der Waals surface area contributed by atoms with Crippen LogP contribution in [0, 0.1) is 5.92 Å². The first-order chi connectivity index (χ1) is 15.6. The number of rotatable bonds is 3. The number of fused-ring (bicyclic) bond motifs is 2. The van der Waals surface area contributed by atoms with Crippen LogP contribution in [0.3, 0.4) is 0 Å². The average Bonchev–Trinajstić information content (AvgIpc) is 3.44. The van der Waals surface area contributed by atoms with Gasteiger partial charge in [0.15, 0.2) is 5.58 Å². The van der Waals surface area contributed by atoms with Gasteiger partial charge in [-0.3, -0.25) is 4.79 Å². The molecule has 0 N–H and O–H groups in total. The molecule has 0 radical (unpaired) electrons. The fourth-order valence-corrected chi connectivity index (χ4v) is 4.91. The lowest BCUT2D eigenvalue weighted by molar-refractivity contribution is 0.0583. The van der Waals surface area contributed by atoms with Crippen molar-refractivity contribution < 1.29 is 9.21 Å². The van der Waals surface area contributed by atoms with Crippen molar-refractivity contribution in [2.75, 3.05) is 24.5 Å². The second-order valence-electron chi connectivity index (χ2n) is 8.11. The number of hydrogen-bond acceptors (Lipinski definition) is 6. The van der Waals surface area contributed by atoms with E-state index in [1.165, 1.54) is 4.80 Å². The van der Waals surface area contributed by atoms with Crippen LogP contribution in [-0.4, -0.2) is 56.5 Å². The summed E-state index contributed by atoms with van der Waals surface area (Å²) in [6, 6.07) is 11.3. The molecule has 0 unspecified atom stereocenters. The van der Waals surface area contributed by atoms with Crippen molar-refractivity contribution in [1.82, 2.24) is 24.9 Å². The standard InChI is InChI=1S/C22H18Cl2N6O2/c23-14-1-3-18(30-25-6-7-26-30)16(9-14)21(31)28-8-5-13-11-29(19(13)12-28)22-27-17-10-15(24)2-4-20(17)32-22/h1-4,6-7,9-10,13,19H,5,8,11-12H2/t13-,19+/m0/s1. The third-order valence-corrected chi connectivity index (χ3v) is 6.72. The SMILES string of the molecule is O=C(c1cc(Cl)ccc1-n1nccn1)N1CC[C@H]2CN(c3nc4cc(Cl)ccc4o3)[C@@H]2C1. The van der Waals surface area contributed by atoms with Gasteiger partial charge >= 0.3 is 0 Å². The molecule has 2 fully saturated rings. The molecule has 2 atom stereocenters. The first-order valence-electron chi connectivity index (χ1n) is 10.3. The monoisotopic (exact) mass is 468 g/mol. The number of aromatic nitrogens is 4. The minimum Gasteiger partial charge on any atom is -0.423 e. The van der Waals surface area contributed by atoms with Gasteiger partial charge in [0, 0.05) is 35.6 Å². The van der Waals surface area contributed by atoms with Gasteiger partial charge in [0.2, 0.25) is 0 Å². The van der Waals surface area contributed by atoms with Crippen LogP contribution in [0.4, 0.5) is 6.01 Å². The molecule has 2 saturated heterocycles. The van der Waals surface area contributed by atoms with Crippen LogP contribution in [-0.2, 0) is 0 Å². The first kappa shape index (κ1) is 19.6. The molecule has 0 aliphatic carbocycles. The summed E-state index contributed by atoms with van der Waals surface area (Å²) in [5, 5.41) is 9.47. The van der Waals surface area contributed by atoms with Crippen molar-refractivity contribution in [1.29, 1.82) is 0 Å². The van der Waals surface area contributed by atoms with E-state index >= 15 is 0 Å². The molecule has 8 nitrogen and oxygen atoms in total. The summed E-state index contributed by atoms with van der Waals surface area (Å²) in [6.45, 7) is 2.14. The van der Waals surface area contributed by atoms with Crippen molar-refractivity contribution in [3.05, 3.63) is 64.4 Å². The van der Waals surface area contributed by atoms with Crippen LogP contribution in [0.15, 0.2) is 53.2 Å². The number of oxazole rings is 1. The molecule has 0 saturated carbocycles. The van der Waals surface area contributed by atoms with Crippen molar-refractivity contribution in [2.45, 2.75) is 12.5 Å². The van der Waals surface area contributed by atoms with Gasteiger partial charge in [-0.1, -0.05) is 23.2 Å². The lowest BCUT2D eigenvalue weighted by Crippen LogP contribution is -2.65. The van der Waals surface area contributed by atoms with Crippen LogP contribution in [0.25, 0.3) is 16.8 Å². The Labute approximate surface area is 193 Å². The number of carbonyl (C=O) groups excluding carboxylic acids is 1. The zero-order valence-corrected chi connectivity index (χ0v) is 18.4. The van der Waals surface area contributed by atoms with Gasteiger partial charge < -0.3 is 14.2 Å². The number of anilines is 1. The fraction of sp³-hybridized carbons (Fsp3) is 0.273. The van der Waals surface area contributed by atoms with E-state index in [2.05, 4.69) is 20.1 Å². The summed E-state index contributed by atoms with van der Waals surface area (Å²) in [7, 11) is 0. The number of hydrogen-bond donors (Lipinski definition) is 0. The average molecular weight is 469 g/mol. The Kier molecular flexibility index (Phi) is 4.58. The Morgan fingerprint density at radius 2 is 1.81 bits per heavy atom. The summed E-state index contributed by atoms with van der Waals surface area (Å²) in [5.41, 5.74) is 2.52. The lowest BCUT2D eigenvalue weighted by Gasteiger charge is -2.52. The Bertz CT molecular complexity index is 1320. The summed E-state index contributed by atoms with van der Waals surface area (Å²) in [4.78, 5) is 23.5. The summed E-state index contributed by atoms with van der Waals surface area (Å²) < 4.78 is 5.96. The van der Waals surface area contributed by atoms with E-state index in [4.69, 9.17) is 27.6 Å². The first-order valence-corrected chi connectivity index (χ1v) is 11.1. The predicted octanol–water partition coefficient (Wildman–Crippen LogP) is 4.07. The van der Waals surface area contributed by atoms with Crippen molar-refractivity contribution in [3.63, 3.8) is 0 Å². The molecule has 6 rings (SSSR count). The van der Waals surface area contributed by atoms with Gasteiger partial charge in [0.1, 0.15) is 5.52 Å². The minimum absolute atomic E-state index is 0.0885. The molecule has 2 aromatic heterocycles. The molecule has 2 aromatic carbocycles. The van der Waals surface area contributed by atoms with Crippen LogP contribution >= 0.6 is 23.2 Å². The van der Waals surface area contributed by atoms with E-state index in [-0.39, 0.29) is 11.9 Å². The number of nitrogens with zero attached hydrogens (tertiary/aromatic N) is 6. The number of carbonyl (C=O) groups is 1. The van der Waals surface area contributed by atoms with Crippen molar-refractivity contribution in [3.8, 4) is 5.69 Å². The number of benzene rings is 2. The highest BCUT2D eigenvalue weighted by Crippen LogP contribution is 2.38. The Morgan fingerprint density at radius 1 is 1.03 bits per heavy atom. The molecular weight excluding hydrogens is 451 g/mol. The van der Waals surface area contributed by atoms with Gasteiger partial charge in [0.05, 0.1) is 29.7 Å². The molecule has 10 heteroatoms. The second kappa shape index (κ2) is 7.50. The fourth-order valence-electron chi connectivity index (χ4n) is 4.58. The second-order valence-corrected chi connectivity index (χ2v) is 8.98. The quantitative estimate of drug-likeness (QED) is 0.450. The maximum atomic E-state index is 13.5. The van der Waals surface area contributed by atoms with E-state index in [0.29, 0.717) is 51.9 Å². The maximum absolute atomic E-state index is 13.5. The number of piperidine rings is 1. The minimum atomic E-state index is -0.0885. The molecule has 162 valence electrons.